The second kappa shape index (κ2) is 6.32. The molecule has 4 nitrogen and oxygen atoms in total. The van der Waals surface area contributed by atoms with Crippen molar-refractivity contribution >= 4 is 0 Å². The van der Waals surface area contributed by atoms with E-state index in [1.165, 1.54) is 17.7 Å². The summed E-state index contributed by atoms with van der Waals surface area (Å²) in [5.74, 6) is 1.47. The number of hydrogen-bond acceptors (Lipinski definition) is 3. The number of hydrogen-bond donors (Lipinski definition) is 1. The predicted molar refractivity (Wildman–Crippen MR) is 88.2 cm³/mol. The van der Waals surface area contributed by atoms with Crippen LogP contribution in [-0.4, -0.2) is 22.9 Å². The van der Waals surface area contributed by atoms with Crippen LogP contribution in [0.1, 0.15) is 48.9 Å². The number of nitrogens with one attached hydrogen (secondary N) is 1. The van der Waals surface area contributed by atoms with Gasteiger partial charge in [-0.1, -0.05) is 26.0 Å². The van der Waals surface area contributed by atoms with Gasteiger partial charge in [0.2, 0.25) is 5.88 Å². The molecule has 3 rings (SSSR count). The minimum Gasteiger partial charge on any atom is -0.481 e. The first-order valence-corrected chi connectivity index (χ1v) is 8.09. The van der Waals surface area contributed by atoms with Crippen LogP contribution in [0, 0.1) is 5.82 Å². The molecule has 5 heteroatoms. The first-order valence-electron chi connectivity index (χ1n) is 8.09. The van der Waals surface area contributed by atoms with Gasteiger partial charge in [0.15, 0.2) is 0 Å². The number of benzene rings is 1. The van der Waals surface area contributed by atoms with Crippen molar-refractivity contribution in [1.29, 1.82) is 0 Å². The predicted octanol–water partition coefficient (Wildman–Crippen LogP) is 3.34. The molecule has 0 aliphatic heterocycles. The van der Waals surface area contributed by atoms with E-state index in [9.17, 15) is 4.39 Å². The average molecular weight is 317 g/mol. The molecule has 1 heterocycles. The van der Waals surface area contributed by atoms with Crippen LogP contribution in [0.5, 0.6) is 5.88 Å². The van der Waals surface area contributed by atoms with E-state index < -0.39 is 0 Å². The first-order chi connectivity index (χ1) is 11.0. The zero-order valence-electron chi connectivity index (χ0n) is 14.1. The van der Waals surface area contributed by atoms with Crippen molar-refractivity contribution in [3.63, 3.8) is 0 Å². The third kappa shape index (κ3) is 3.24. The fraction of sp³-hybridized carbons (Fsp3) is 0.500. The zero-order chi connectivity index (χ0) is 16.6. The number of ether oxygens (including phenoxy) is 1. The summed E-state index contributed by atoms with van der Waals surface area (Å²) in [6, 6.07) is 7.26. The highest BCUT2D eigenvalue weighted by atomic mass is 19.1. The molecule has 1 fully saturated rings. The molecular weight excluding hydrogens is 293 g/mol. The minimum atomic E-state index is -0.180. The molecule has 1 saturated carbocycles. The summed E-state index contributed by atoms with van der Waals surface area (Å²) in [7, 11) is 3.59. The Morgan fingerprint density at radius 1 is 1.35 bits per heavy atom. The minimum absolute atomic E-state index is 0.180. The highest BCUT2D eigenvalue weighted by molar-refractivity contribution is 5.34. The lowest BCUT2D eigenvalue weighted by Gasteiger charge is -2.09. The number of aromatic nitrogens is 2. The Morgan fingerprint density at radius 2 is 2.04 bits per heavy atom. The number of methoxy groups -OCH3 is 1. The average Bonchev–Trinajstić information content (AvgIpc) is 3.22. The highest BCUT2D eigenvalue weighted by Crippen LogP contribution is 2.41. The largest absolute Gasteiger partial charge is 0.481 e. The standard InChI is InChI=1S/C18H24FN3O/c1-11(2)17-15(18(23-4)22(3)21-17)10-20-16-9-14(16)12-5-7-13(19)8-6-12/h5-8,11,14,16,20H,9-10H2,1-4H3/t14-,16+/m1/s1. The molecule has 1 aromatic heterocycles. The van der Waals surface area contributed by atoms with Crippen molar-refractivity contribution < 1.29 is 9.13 Å². The topological polar surface area (TPSA) is 39.1 Å². The lowest BCUT2D eigenvalue weighted by atomic mass is 10.1. The second-order valence-electron chi connectivity index (χ2n) is 6.53. The highest BCUT2D eigenvalue weighted by Gasteiger charge is 2.38. The van der Waals surface area contributed by atoms with E-state index in [2.05, 4.69) is 24.3 Å². The molecule has 1 N–H and O–H groups in total. The van der Waals surface area contributed by atoms with Crippen molar-refractivity contribution in [2.75, 3.05) is 7.11 Å². The number of nitrogens with zero attached hydrogens (tertiary/aromatic N) is 2. The van der Waals surface area contributed by atoms with Gasteiger partial charge in [-0.15, -0.1) is 0 Å². The Hall–Kier alpha value is -1.88. The Kier molecular flexibility index (Phi) is 4.39. The molecule has 0 radical (unpaired) electrons. The maximum Gasteiger partial charge on any atom is 0.216 e. The molecule has 1 aromatic carbocycles. The van der Waals surface area contributed by atoms with Crippen molar-refractivity contribution in [2.45, 2.75) is 44.7 Å². The second-order valence-corrected chi connectivity index (χ2v) is 6.53. The van der Waals surface area contributed by atoms with E-state index in [-0.39, 0.29) is 5.82 Å². The number of halogens is 1. The third-order valence-corrected chi connectivity index (χ3v) is 4.49. The molecule has 0 amide bonds. The van der Waals surface area contributed by atoms with Crippen LogP contribution in [0.15, 0.2) is 24.3 Å². The Balaban J connectivity index is 1.67. The Labute approximate surface area is 136 Å². The van der Waals surface area contributed by atoms with Gasteiger partial charge >= 0.3 is 0 Å². The van der Waals surface area contributed by atoms with Crippen molar-refractivity contribution in [1.82, 2.24) is 15.1 Å². The van der Waals surface area contributed by atoms with Gasteiger partial charge in [0, 0.05) is 25.6 Å². The molecular formula is C18H24FN3O. The maximum absolute atomic E-state index is 13.0. The maximum atomic E-state index is 13.0. The third-order valence-electron chi connectivity index (χ3n) is 4.49. The van der Waals surface area contributed by atoms with Gasteiger partial charge < -0.3 is 10.1 Å². The summed E-state index contributed by atoms with van der Waals surface area (Å²) in [5.41, 5.74) is 3.41. The summed E-state index contributed by atoms with van der Waals surface area (Å²) in [6.07, 6.45) is 1.09. The van der Waals surface area contributed by atoms with Crippen molar-refractivity contribution in [3.8, 4) is 5.88 Å². The van der Waals surface area contributed by atoms with Gasteiger partial charge in [-0.2, -0.15) is 5.10 Å². The summed E-state index contributed by atoms with van der Waals surface area (Å²) in [6.45, 7) is 5.03. The van der Waals surface area contributed by atoms with Gasteiger partial charge in [0.25, 0.3) is 0 Å². The molecule has 0 spiro atoms. The Morgan fingerprint density at radius 3 is 2.65 bits per heavy atom. The van der Waals surface area contributed by atoms with E-state index in [0.717, 1.165) is 30.1 Å². The van der Waals surface area contributed by atoms with Crippen LogP contribution in [0.3, 0.4) is 0 Å². The van der Waals surface area contributed by atoms with Crippen LogP contribution in [0.2, 0.25) is 0 Å². The van der Waals surface area contributed by atoms with Gasteiger partial charge in [-0.25, -0.2) is 9.07 Å². The van der Waals surface area contributed by atoms with Gasteiger partial charge in [-0.05, 0) is 30.0 Å². The van der Waals surface area contributed by atoms with Crippen LogP contribution in [0.4, 0.5) is 4.39 Å². The molecule has 0 bridgehead atoms. The normalized spacial score (nSPS) is 20.1. The lowest BCUT2D eigenvalue weighted by Crippen LogP contribution is -2.18. The quantitative estimate of drug-likeness (QED) is 0.888. The van der Waals surface area contributed by atoms with Crippen molar-refractivity contribution in [3.05, 3.63) is 46.9 Å². The fourth-order valence-electron chi connectivity index (χ4n) is 3.19. The molecule has 2 aromatic rings. The lowest BCUT2D eigenvalue weighted by molar-refractivity contribution is 0.368. The van der Waals surface area contributed by atoms with E-state index in [4.69, 9.17) is 4.74 Å². The molecule has 0 unspecified atom stereocenters. The van der Waals surface area contributed by atoms with Crippen LogP contribution >= 0.6 is 0 Å². The SMILES string of the molecule is COc1c(CN[C@H]2C[C@@H]2c2ccc(F)cc2)c(C(C)C)nn1C. The van der Waals surface area contributed by atoms with Gasteiger partial charge in [0.05, 0.1) is 18.4 Å². The fourth-order valence-corrected chi connectivity index (χ4v) is 3.19. The summed E-state index contributed by atoms with van der Waals surface area (Å²) in [5, 5.41) is 8.17. The van der Waals surface area contributed by atoms with E-state index in [0.29, 0.717) is 17.9 Å². The van der Waals surface area contributed by atoms with E-state index in [1.807, 2.05) is 19.2 Å². The zero-order valence-corrected chi connectivity index (χ0v) is 14.1. The molecule has 124 valence electrons. The smallest absolute Gasteiger partial charge is 0.216 e. The molecule has 2 atom stereocenters. The monoisotopic (exact) mass is 317 g/mol. The first kappa shape index (κ1) is 16.0. The van der Waals surface area contributed by atoms with Crippen LogP contribution < -0.4 is 10.1 Å². The van der Waals surface area contributed by atoms with Crippen molar-refractivity contribution in [2.24, 2.45) is 7.05 Å². The summed E-state index contributed by atoms with van der Waals surface area (Å²) in [4.78, 5) is 0. The number of aryl methyl sites for hydroxylation is 1. The van der Waals surface area contributed by atoms with Crippen LogP contribution in [0.25, 0.3) is 0 Å². The summed E-state index contributed by atoms with van der Waals surface area (Å²) >= 11 is 0. The summed E-state index contributed by atoms with van der Waals surface area (Å²) < 4.78 is 20.3. The molecule has 0 saturated heterocycles. The number of rotatable bonds is 6. The van der Waals surface area contributed by atoms with E-state index >= 15 is 0 Å². The Bertz CT molecular complexity index is 678. The van der Waals surface area contributed by atoms with Gasteiger partial charge in [-0.3, -0.25) is 0 Å². The van der Waals surface area contributed by atoms with E-state index in [1.54, 1.807) is 11.8 Å². The van der Waals surface area contributed by atoms with Gasteiger partial charge in [0.1, 0.15) is 5.82 Å². The molecule has 23 heavy (non-hydrogen) atoms. The molecule has 1 aliphatic rings. The molecule has 1 aliphatic carbocycles. The van der Waals surface area contributed by atoms with Crippen LogP contribution in [-0.2, 0) is 13.6 Å².